The van der Waals surface area contributed by atoms with Crippen LogP contribution in [0.3, 0.4) is 0 Å². The molecule has 0 saturated carbocycles. The first kappa shape index (κ1) is 15.3. The highest BCUT2D eigenvalue weighted by atomic mass is 32.2. The molecule has 6 heteroatoms. The zero-order valence-electron chi connectivity index (χ0n) is 12.0. The van der Waals surface area contributed by atoms with E-state index >= 15 is 0 Å². The van der Waals surface area contributed by atoms with Gasteiger partial charge in [-0.2, -0.15) is 0 Å². The Morgan fingerprint density at radius 3 is 2.57 bits per heavy atom. The van der Waals surface area contributed by atoms with Gasteiger partial charge >= 0.3 is 0 Å². The second kappa shape index (κ2) is 6.60. The average Bonchev–Trinajstić information content (AvgIpc) is 2.48. The molecule has 0 unspecified atom stereocenters. The van der Waals surface area contributed by atoms with E-state index in [0.717, 1.165) is 5.56 Å². The minimum atomic E-state index is -3.64. The molecule has 2 aromatic rings. The third-order valence-corrected chi connectivity index (χ3v) is 4.30. The maximum Gasteiger partial charge on any atom is 0.262 e. The molecule has 0 fully saturated rings. The highest BCUT2D eigenvalue weighted by Gasteiger charge is 2.16. The van der Waals surface area contributed by atoms with Crippen molar-refractivity contribution >= 4 is 15.7 Å². The lowest BCUT2D eigenvalue weighted by Crippen LogP contribution is -2.14. The first-order valence-electron chi connectivity index (χ1n) is 6.46. The van der Waals surface area contributed by atoms with Crippen molar-refractivity contribution in [3.8, 4) is 5.75 Å². The van der Waals surface area contributed by atoms with Gasteiger partial charge < -0.3 is 10.1 Å². The molecule has 0 aromatic heterocycles. The third-order valence-electron chi connectivity index (χ3n) is 2.94. The van der Waals surface area contributed by atoms with Crippen LogP contribution in [-0.4, -0.2) is 22.6 Å². The smallest absolute Gasteiger partial charge is 0.262 e. The van der Waals surface area contributed by atoms with Crippen molar-refractivity contribution in [3.63, 3.8) is 0 Å². The molecule has 0 bridgehead atoms. The molecule has 2 N–H and O–H groups in total. The summed E-state index contributed by atoms with van der Waals surface area (Å²) in [5.41, 5.74) is 1.32. The molecule has 112 valence electrons. The number of nitrogens with one attached hydrogen (secondary N) is 2. The van der Waals surface area contributed by atoms with E-state index in [1.165, 1.54) is 7.11 Å². The van der Waals surface area contributed by atoms with Gasteiger partial charge in [0.25, 0.3) is 10.0 Å². The summed E-state index contributed by atoms with van der Waals surface area (Å²) in [7, 11) is -0.330. The molecule has 5 nitrogen and oxygen atoms in total. The van der Waals surface area contributed by atoms with Crippen LogP contribution in [0.4, 0.5) is 5.69 Å². The minimum absolute atomic E-state index is 0.223. The largest absolute Gasteiger partial charge is 0.495 e. The topological polar surface area (TPSA) is 67.4 Å². The lowest BCUT2D eigenvalue weighted by Gasteiger charge is -2.12. The predicted octanol–water partition coefficient (Wildman–Crippen LogP) is 2.22. The van der Waals surface area contributed by atoms with Crippen LogP contribution in [0.15, 0.2) is 53.4 Å². The van der Waals surface area contributed by atoms with Crippen molar-refractivity contribution in [2.45, 2.75) is 11.4 Å². The van der Waals surface area contributed by atoms with Crippen LogP contribution in [0.25, 0.3) is 0 Å². The van der Waals surface area contributed by atoms with Gasteiger partial charge in [0.2, 0.25) is 0 Å². The maximum absolute atomic E-state index is 12.4. The molecule has 0 atom stereocenters. The molecule has 0 heterocycles. The quantitative estimate of drug-likeness (QED) is 0.858. The first-order valence-corrected chi connectivity index (χ1v) is 7.94. The summed E-state index contributed by atoms with van der Waals surface area (Å²) in [5.74, 6) is 0.479. The van der Waals surface area contributed by atoms with Gasteiger partial charge in [0.05, 0.1) is 17.7 Å². The third kappa shape index (κ3) is 3.74. The van der Waals surface area contributed by atoms with E-state index in [1.54, 1.807) is 42.5 Å². The van der Waals surface area contributed by atoms with E-state index in [-0.39, 0.29) is 4.90 Å². The zero-order chi connectivity index (χ0) is 15.3. The molecule has 0 radical (unpaired) electrons. The summed E-state index contributed by atoms with van der Waals surface area (Å²) >= 11 is 0. The van der Waals surface area contributed by atoms with Crippen molar-refractivity contribution in [1.82, 2.24) is 5.32 Å². The number of sulfonamides is 1. The predicted molar refractivity (Wildman–Crippen MR) is 83.0 cm³/mol. The number of hydrogen-bond acceptors (Lipinski definition) is 4. The van der Waals surface area contributed by atoms with E-state index in [9.17, 15) is 8.42 Å². The fraction of sp³-hybridized carbons (Fsp3) is 0.200. The van der Waals surface area contributed by atoms with Gasteiger partial charge in [-0.05, 0) is 36.9 Å². The number of anilines is 1. The Hall–Kier alpha value is -2.05. The Labute approximate surface area is 125 Å². The Bertz CT molecular complexity index is 714. The van der Waals surface area contributed by atoms with Crippen LogP contribution in [0.1, 0.15) is 5.56 Å². The Morgan fingerprint density at radius 2 is 1.86 bits per heavy atom. The van der Waals surface area contributed by atoms with Crippen molar-refractivity contribution < 1.29 is 13.2 Å². The summed E-state index contributed by atoms with van der Waals surface area (Å²) in [4.78, 5) is 0.223. The summed E-state index contributed by atoms with van der Waals surface area (Å²) < 4.78 is 32.6. The molecule has 0 aliphatic heterocycles. The van der Waals surface area contributed by atoms with Crippen molar-refractivity contribution in [3.05, 3.63) is 54.1 Å². The number of benzene rings is 2. The number of methoxy groups -OCH3 is 1. The van der Waals surface area contributed by atoms with Gasteiger partial charge in [-0.25, -0.2) is 8.42 Å². The fourth-order valence-electron chi connectivity index (χ4n) is 1.96. The molecule has 0 saturated heterocycles. The van der Waals surface area contributed by atoms with Crippen LogP contribution >= 0.6 is 0 Å². The van der Waals surface area contributed by atoms with Crippen molar-refractivity contribution in [1.29, 1.82) is 0 Å². The molecular formula is C15H18N2O3S. The van der Waals surface area contributed by atoms with Gasteiger partial charge in [0.1, 0.15) is 5.75 Å². The van der Waals surface area contributed by atoms with E-state index in [4.69, 9.17) is 4.74 Å². The molecule has 0 aliphatic rings. The normalized spacial score (nSPS) is 11.1. The molecule has 2 rings (SSSR count). The molecule has 2 aromatic carbocycles. The Kier molecular flexibility index (Phi) is 4.82. The average molecular weight is 306 g/mol. The number of hydrogen-bond donors (Lipinski definition) is 2. The minimum Gasteiger partial charge on any atom is -0.495 e. The number of para-hydroxylation sites is 2. The van der Waals surface area contributed by atoms with Crippen molar-refractivity contribution in [2.75, 3.05) is 18.9 Å². The molecule has 21 heavy (non-hydrogen) atoms. The summed E-state index contributed by atoms with van der Waals surface area (Å²) in [6.45, 7) is 0.609. The van der Waals surface area contributed by atoms with E-state index in [0.29, 0.717) is 18.0 Å². The first-order chi connectivity index (χ1) is 10.1. The maximum atomic E-state index is 12.4. The second-order valence-corrected chi connectivity index (χ2v) is 6.17. The van der Waals surface area contributed by atoms with E-state index < -0.39 is 10.0 Å². The standard InChI is InChI=1S/C15H18N2O3S/c1-16-11-12-6-5-7-13(10-12)21(18,19)17-14-8-3-4-9-15(14)20-2/h3-10,16-17H,11H2,1-2H3. The van der Waals surface area contributed by atoms with Gasteiger partial charge in [0.15, 0.2) is 0 Å². The van der Waals surface area contributed by atoms with Gasteiger partial charge in [-0.1, -0.05) is 24.3 Å². The van der Waals surface area contributed by atoms with Crippen molar-refractivity contribution in [2.24, 2.45) is 0 Å². The van der Waals surface area contributed by atoms with Crippen LogP contribution in [0.2, 0.25) is 0 Å². The van der Waals surface area contributed by atoms with Crippen LogP contribution in [-0.2, 0) is 16.6 Å². The van der Waals surface area contributed by atoms with E-state index in [2.05, 4.69) is 10.0 Å². The second-order valence-electron chi connectivity index (χ2n) is 4.48. The van der Waals surface area contributed by atoms with E-state index in [1.807, 2.05) is 13.1 Å². The lowest BCUT2D eigenvalue weighted by molar-refractivity contribution is 0.417. The molecular weight excluding hydrogens is 288 g/mol. The highest BCUT2D eigenvalue weighted by molar-refractivity contribution is 7.92. The van der Waals surface area contributed by atoms with Crippen LogP contribution in [0, 0.1) is 0 Å². The molecule has 0 spiro atoms. The summed E-state index contributed by atoms with van der Waals surface area (Å²) in [6, 6.07) is 13.7. The number of rotatable bonds is 6. The molecule has 0 amide bonds. The Balaban J connectivity index is 2.32. The van der Waals surface area contributed by atoms with Crippen LogP contribution < -0.4 is 14.8 Å². The van der Waals surface area contributed by atoms with Crippen LogP contribution in [0.5, 0.6) is 5.75 Å². The summed E-state index contributed by atoms with van der Waals surface area (Å²) in [6.07, 6.45) is 0. The number of ether oxygens (including phenoxy) is 1. The molecule has 0 aliphatic carbocycles. The summed E-state index contributed by atoms with van der Waals surface area (Å²) in [5, 5.41) is 3.00. The zero-order valence-corrected chi connectivity index (χ0v) is 12.8. The SMILES string of the molecule is CNCc1cccc(S(=O)(=O)Nc2ccccc2OC)c1. The monoisotopic (exact) mass is 306 g/mol. The van der Waals surface area contributed by atoms with Gasteiger partial charge in [0, 0.05) is 6.54 Å². The Morgan fingerprint density at radius 1 is 1.10 bits per heavy atom. The van der Waals surface area contributed by atoms with Gasteiger partial charge in [-0.3, -0.25) is 4.72 Å². The van der Waals surface area contributed by atoms with Gasteiger partial charge in [-0.15, -0.1) is 0 Å². The highest BCUT2D eigenvalue weighted by Crippen LogP contribution is 2.26. The fourth-order valence-corrected chi connectivity index (χ4v) is 3.10. The lowest BCUT2D eigenvalue weighted by atomic mass is 10.2.